The maximum absolute atomic E-state index is 13.6. The zero-order valence-corrected chi connectivity index (χ0v) is 19.4. The minimum absolute atomic E-state index is 0.104. The molecule has 0 fully saturated rings. The fourth-order valence-electron chi connectivity index (χ4n) is 4.75. The maximum atomic E-state index is 13.6. The highest BCUT2D eigenvalue weighted by atomic mass is 19.4. The number of rotatable bonds is 4. The van der Waals surface area contributed by atoms with Gasteiger partial charge in [0.25, 0.3) is 5.56 Å². The summed E-state index contributed by atoms with van der Waals surface area (Å²) in [5.41, 5.74) is 2.87. The highest BCUT2D eigenvalue weighted by Gasteiger charge is 2.30. The number of aromatic nitrogens is 3. The Morgan fingerprint density at radius 2 is 1.59 bits per heavy atom. The molecular weight excluding hydrogens is 479 g/mol. The van der Waals surface area contributed by atoms with Gasteiger partial charge >= 0.3 is 6.18 Å². The summed E-state index contributed by atoms with van der Waals surface area (Å²) < 4.78 is 40.5. The number of nitrogens with zero attached hydrogens (tertiary/aromatic N) is 2. The summed E-state index contributed by atoms with van der Waals surface area (Å²) >= 11 is 0. The molecular formula is C29H20F3N3O2. The van der Waals surface area contributed by atoms with E-state index >= 15 is 0 Å². The fourth-order valence-corrected chi connectivity index (χ4v) is 4.75. The van der Waals surface area contributed by atoms with E-state index in [1.54, 1.807) is 28.8 Å². The van der Waals surface area contributed by atoms with Gasteiger partial charge in [-0.1, -0.05) is 48.5 Å². The number of H-pyrrole nitrogens is 1. The molecule has 6 rings (SSSR count). The van der Waals surface area contributed by atoms with Crippen molar-refractivity contribution in [3.8, 4) is 11.6 Å². The highest BCUT2D eigenvalue weighted by molar-refractivity contribution is 6.05. The van der Waals surface area contributed by atoms with Gasteiger partial charge in [0.15, 0.2) is 5.82 Å². The van der Waals surface area contributed by atoms with Crippen LogP contribution in [0.5, 0.6) is 5.75 Å². The second-order valence-corrected chi connectivity index (χ2v) is 9.03. The van der Waals surface area contributed by atoms with Gasteiger partial charge in [-0.3, -0.25) is 9.36 Å². The van der Waals surface area contributed by atoms with Crippen LogP contribution in [0.25, 0.3) is 27.6 Å². The average molecular weight is 499 g/mol. The molecule has 8 heteroatoms. The Kier molecular flexibility index (Phi) is 5.26. The summed E-state index contributed by atoms with van der Waals surface area (Å²) in [6.45, 7) is 0. The van der Waals surface area contributed by atoms with Crippen LogP contribution >= 0.6 is 0 Å². The molecule has 184 valence electrons. The molecule has 2 aliphatic rings. The second kappa shape index (κ2) is 8.51. The van der Waals surface area contributed by atoms with Crippen molar-refractivity contribution in [1.29, 1.82) is 0 Å². The number of hydrogen-bond acceptors (Lipinski definition) is 3. The van der Waals surface area contributed by atoms with Gasteiger partial charge in [-0.2, -0.15) is 13.2 Å². The zero-order chi connectivity index (χ0) is 25.7. The first-order chi connectivity index (χ1) is 17.8. The summed E-state index contributed by atoms with van der Waals surface area (Å²) in [6.07, 6.45) is -3.83. The second-order valence-electron chi connectivity index (χ2n) is 9.03. The van der Waals surface area contributed by atoms with Crippen LogP contribution in [0.3, 0.4) is 0 Å². The molecule has 2 aliphatic heterocycles. The normalized spacial score (nSPS) is 12.1. The molecule has 0 amide bonds. The predicted octanol–water partition coefficient (Wildman–Crippen LogP) is 6.21. The Balaban J connectivity index is 1.54. The average Bonchev–Trinajstić information content (AvgIpc) is 3.20. The number of alkyl halides is 3. The lowest BCUT2D eigenvalue weighted by atomic mass is 10.1. The van der Waals surface area contributed by atoms with Crippen molar-refractivity contribution in [3.63, 3.8) is 0 Å². The van der Waals surface area contributed by atoms with Crippen molar-refractivity contribution in [2.75, 3.05) is 0 Å². The van der Waals surface area contributed by atoms with Gasteiger partial charge in [-0.25, -0.2) is 4.98 Å². The zero-order valence-electron chi connectivity index (χ0n) is 19.4. The quantitative estimate of drug-likeness (QED) is 0.283. The topological polar surface area (TPSA) is 70.9 Å². The van der Waals surface area contributed by atoms with Crippen molar-refractivity contribution in [2.45, 2.75) is 19.0 Å². The van der Waals surface area contributed by atoms with Crippen molar-refractivity contribution in [3.05, 3.63) is 123 Å². The van der Waals surface area contributed by atoms with Crippen molar-refractivity contribution < 1.29 is 18.3 Å². The summed E-state index contributed by atoms with van der Waals surface area (Å²) in [6, 6.07) is 23.2. The number of benzene rings is 4. The molecule has 0 unspecified atom stereocenters. The molecule has 37 heavy (non-hydrogen) atoms. The molecule has 5 nitrogen and oxygen atoms in total. The summed E-state index contributed by atoms with van der Waals surface area (Å²) in [5.74, 6) is 0.616. The van der Waals surface area contributed by atoms with E-state index < -0.39 is 11.7 Å². The van der Waals surface area contributed by atoms with Gasteiger partial charge in [0, 0.05) is 18.2 Å². The van der Waals surface area contributed by atoms with Crippen LogP contribution in [0.4, 0.5) is 13.2 Å². The Morgan fingerprint density at radius 1 is 0.865 bits per heavy atom. The van der Waals surface area contributed by atoms with Crippen LogP contribution in [0.2, 0.25) is 0 Å². The van der Waals surface area contributed by atoms with E-state index in [-0.39, 0.29) is 23.4 Å². The van der Waals surface area contributed by atoms with Crippen LogP contribution in [0.15, 0.2) is 89.7 Å². The maximum Gasteiger partial charge on any atom is 0.416 e. The number of phenols is 1. The number of fused-ring (bicyclic) bond motifs is 5. The van der Waals surface area contributed by atoms with E-state index in [2.05, 4.69) is 9.97 Å². The number of halogens is 3. The molecule has 0 saturated heterocycles. The van der Waals surface area contributed by atoms with Gasteiger partial charge in [-0.15, -0.1) is 0 Å². The molecule has 0 aromatic heterocycles. The van der Waals surface area contributed by atoms with Crippen LogP contribution < -0.4 is 5.56 Å². The lowest BCUT2D eigenvalue weighted by molar-refractivity contribution is -0.137. The van der Waals surface area contributed by atoms with Gasteiger partial charge < -0.3 is 10.1 Å². The first kappa shape index (κ1) is 22.8. The van der Waals surface area contributed by atoms with Crippen LogP contribution in [0.1, 0.15) is 28.1 Å². The van der Waals surface area contributed by atoms with E-state index in [1.807, 2.05) is 36.4 Å². The molecule has 4 aromatic carbocycles. The van der Waals surface area contributed by atoms with Crippen molar-refractivity contribution >= 4 is 21.8 Å². The monoisotopic (exact) mass is 499 g/mol. The standard InChI is InChI=1S/C29H20F3N3O2/c30-29(31,32)20-9-6-18(7-10-20)15-24-28(37)35-25-13-8-19-16-21(36)11-12-22(19)26(25)33-23(27(35)34-24)14-17-4-2-1-3-5-17/h1-13,16,33,36H,14-15H2. The van der Waals surface area contributed by atoms with Gasteiger partial charge in [0.1, 0.15) is 11.4 Å². The molecule has 0 bridgehead atoms. The SMILES string of the molecule is O=c1c(Cc2ccc(C(F)(F)F)cc2)nc2c(Cc3ccccc3)[nH]c3c4ccc(O)cc4ccc3n1-2. The minimum Gasteiger partial charge on any atom is -0.508 e. The molecule has 0 aliphatic carbocycles. The Hall–Kier alpha value is -4.59. The molecule has 0 radical (unpaired) electrons. The number of imidazole rings is 1. The predicted molar refractivity (Wildman–Crippen MR) is 136 cm³/mol. The highest BCUT2D eigenvalue weighted by Crippen LogP contribution is 2.31. The first-order valence-corrected chi connectivity index (χ1v) is 11.7. The van der Waals surface area contributed by atoms with Gasteiger partial charge in [0.05, 0.1) is 22.3 Å². The first-order valence-electron chi connectivity index (χ1n) is 11.7. The summed E-state index contributed by atoms with van der Waals surface area (Å²) in [5, 5.41) is 11.6. The van der Waals surface area contributed by atoms with Crippen molar-refractivity contribution in [1.82, 2.24) is 14.5 Å². The summed E-state index contributed by atoms with van der Waals surface area (Å²) in [4.78, 5) is 21.8. The van der Waals surface area contributed by atoms with E-state index in [4.69, 9.17) is 0 Å². The fraction of sp³-hybridized carbons (Fsp3) is 0.103. The molecule has 2 heterocycles. The van der Waals surface area contributed by atoms with E-state index in [9.17, 15) is 23.1 Å². The Bertz CT molecular complexity index is 1790. The van der Waals surface area contributed by atoms with Crippen LogP contribution in [-0.4, -0.2) is 19.6 Å². The molecule has 0 atom stereocenters. The lowest BCUT2D eigenvalue weighted by Gasteiger charge is -2.15. The van der Waals surface area contributed by atoms with Gasteiger partial charge in [0.2, 0.25) is 0 Å². The number of nitrogens with one attached hydrogen (secondary N) is 1. The Morgan fingerprint density at radius 3 is 2.32 bits per heavy atom. The smallest absolute Gasteiger partial charge is 0.416 e. The molecule has 4 aromatic rings. The van der Waals surface area contributed by atoms with Crippen LogP contribution in [-0.2, 0) is 19.0 Å². The molecule has 0 saturated carbocycles. The molecule has 0 spiro atoms. The van der Waals surface area contributed by atoms with Crippen LogP contribution in [0, 0.1) is 0 Å². The van der Waals surface area contributed by atoms with Crippen molar-refractivity contribution in [2.24, 2.45) is 0 Å². The summed E-state index contributed by atoms with van der Waals surface area (Å²) in [7, 11) is 0. The van der Waals surface area contributed by atoms with E-state index in [1.165, 1.54) is 12.1 Å². The third-order valence-electron chi connectivity index (χ3n) is 6.55. The van der Waals surface area contributed by atoms with E-state index in [0.717, 1.165) is 39.7 Å². The number of hydrogen-bond donors (Lipinski definition) is 2. The number of aromatic hydroxyl groups is 1. The van der Waals surface area contributed by atoms with E-state index in [0.29, 0.717) is 23.3 Å². The molecule has 2 N–H and O–H groups in total. The Labute approximate surface area is 208 Å². The third kappa shape index (κ3) is 4.10. The third-order valence-corrected chi connectivity index (χ3v) is 6.55. The largest absolute Gasteiger partial charge is 0.508 e. The minimum atomic E-state index is -4.42. The number of aromatic amines is 1. The van der Waals surface area contributed by atoms with Gasteiger partial charge in [-0.05, 0) is 52.9 Å². The number of phenolic OH excluding ortho intramolecular Hbond substituents is 1. The lowest BCUT2D eigenvalue weighted by Crippen LogP contribution is -2.18.